The molecule has 0 heterocycles. The maximum atomic E-state index is 5.90. The van der Waals surface area contributed by atoms with E-state index in [4.69, 9.17) is 11.5 Å². The van der Waals surface area contributed by atoms with Gasteiger partial charge in [0.05, 0.1) is 0 Å². The molecule has 4 aromatic carbocycles. The molecule has 0 aromatic heterocycles. The van der Waals surface area contributed by atoms with E-state index in [0.717, 1.165) is 24.2 Å². The summed E-state index contributed by atoms with van der Waals surface area (Å²) in [5.41, 5.74) is 21.7. The Kier molecular flexibility index (Phi) is 12.1. The van der Waals surface area contributed by atoms with Gasteiger partial charge in [0, 0.05) is 23.2 Å². The SMILES string of the molecule is CCCCCCCCCC(Cc1ccc(C(C)c2ccc(N)cc2)cc1)Cc1ccc(C(C)c2ccc(N)cc2)cc1. The van der Waals surface area contributed by atoms with Gasteiger partial charge in [-0.3, -0.25) is 0 Å². The van der Waals surface area contributed by atoms with Crippen LogP contribution in [0.15, 0.2) is 97.1 Å². The van der Waals surface area contributed by atoms with Crippen molar-refractivity contribution < 1.29 is 0 Å². The zero-order chi connectivity index (χ0) is 29.7. The number of unbranched alkanes of at least 4 members (excludes halogenated alkanes) is 6. The molecule has 2 atom stereocenters. The molecule has 0 aliphatic heterocycles. The monoisotopic (exact) mass is 560 g/mol. The number of nitrogen functional groups attached to an aromatic ring is 2. The van der Waals surface area contributed by atoms with Crippen LogP contribution in [-0.4, -0.2) is 0 Å². The van der Waals surface area contributed by atoms with E-state index in [1.54, 1.807) is 0 Å². The minimum Gasteiger partial charge on any atom is -0.399 e. The Morgan fingerprint density at radius 3 is 1.17 bits per heavy atom. The third-order valence-corrected chi connectivity index (χ3v) is 9.10. The summed E-state index contributed by atoms with van der Waals surface area (Å²) in [4.78, 5) is 0. The molecule has 222 valence electrons. The highest BCUT2D eigenvalue weighted by molar-refractivity contribution is 5.44. The summed E-state index contributed by atoms with van der Waals surface area (Å²) in [6, 6.07) is 35.3. The lowest BCUT2D eigenvalue weighted by Gasteiger charge is -2.19. The Hall–Kier alpha value is -3.52. The van der Waals surface area contributed by atoms with Crippen LogP contribution in [0.1, 0.15) is 117 Å². The number of nitrogens with two attached hydrogens (primary N) is 2. The molecule has 2 nitrogen and oxygen atoms in total. The minimum atomic E-state index is 0.359. The molecule has 2 heteroatoms. The van der Waals surface area contributed by atoms with Gasteiger partial charge in [0.25, 0.3) is 0 Å². The van der Waals surface area contributed by atoms with Crippen molar-refractivity contribution in [1.82, 2.24) is 0 Å². The predicted molar refractivity (Wildman–Crippen MR) is 183 cm³/mol. The number of benzene rings is 4. The molecule has 0 aliphatic carbocycles. The maximum absolute atomic E-state index is 5.90. The Morgan fingerprint density at radius 1 is 0.452 bits per heavy atom. The van der Waals surface area contributed by atoms with Crippen molar-refractivity contribution >= 4 is 11.4 Å². The maximum Gasteiger partial charge on any atom is 0.0314 e. The molecular formula is C40H52N2. The highest BCUT2D eigenvalue weighted by Gasteiger charge is 2.14. The van der Waals surface area contributed by atoms with E-state index in [0.29, 0.717) is 17.8 Å². The van der Waals surface area contributed by atoms with Gasteiger partial charge in [0.1, 0.15) is 0 Å². The lowest BCUT2D eigenvalue weighted by atomic mass is 9.86. The first-order valence-electron chi connectivity index (χ1n) is 16.3. The second kappa shape index (κ2) is 16.2. The van der Waals surface area contributed by atoms with Crippen LogP contribution in [0.2, 0.25) is 0 Å². The molecule has 42 heavy (non-hydrogen) atoms. The Balaban J connectivity index is 1.40. The van der Waals surface area contributed by atoms with E-state index >= 15 is 0 Å². The van der Waals surface area contributed by atoms with E-state index < -0.39 is 0 Å². The van der Waals surface area contributed by atoms with Crippen LogP contribution >= 0.6 is 0 Å². The number of hydrogen-bond donors (Lipinski definition) is 2. The van der Waals surface area contributed by atoms with Crippen LogP contribution in [0.4, 0.5) is 11.4 Å². The molecule has 0 radical (unpaired) electrons. The van der Waals surface area contributed by atoms with Crippen LogP contribution in [0.25, 0.3) is 0 Å². The van der Waals surface area contributed by atoms with Crippen molar-refractivity contribution in [2.24, 2.45) is 5.92 Å². The summed E-state index contributed by atoms with van der Waals surface area (Å²) in [7, 11) is 0. The summed E-state index contributed by atoms with van der Waals surface area (Å²) < 4.78 is 0. The van der Waals surface area contributed by atoms with E-state index in [9.17, 15) is 0 Å². The van der Waals surface area contributed by atoms with Gasteiger partial charge in [-0.1, -0.05) is 139 Å². The quantitative estimate of drug-likeness (QED) is 0.106. The van der Waals surface area contributed by atoms with Crippen molar-refractivity contribution in [1.29, 1.82) is 0 Å². The Bertz CT molecular complexity index is 1210. The normalized spacial score (nSPS) is 13.5. The van der Waals surface area contributed by atoms with E-state index in [1.165, 1.54) is 84.7 Å². The van der Waals surface area contributed by atoms with Crippen LogP contribution < -0.4 is 11.5 Å². The summed E-state index contributed by atoms with van der Waals surface area (Å²) in [5.74, 6) is 1.37. The van der Waals surface area contributed by atoms with Gasteiger partial charge in [-0.05, 0) is 82.8 Å². The lowest BCUT2D eigenvalue weighted by Crippen LogP contribution is -2.09. The summed E-state index contributed by atoms with van der Waals surface area (Å²) in [5, 5.41) is 0. The van der Waals surface area contributed by atoms with Gasteiger partial charge in [0.15, 0.2) is 0 Å². The molecule has 4 N–H and O–H groups in total. The largest absolute Gasteiger partial charge is 0.399 e. The fourth-order valence-corrected chi connectivity index (χ4v) is 6.17. The molecule has 0 saturated heterocycles. The van der Waals surface area contributed by atoms with Gasteiger partial charge < -0.3 is 11.5 Å². The third-order valence-electron chi connectivity index (χ3n) is 9.10. The average Bonchev–Trinajstić information content (AvgIpc) is 3.01. The van der Waals surface area contributed by atoms with Gasteiger partial charge in [-0.2, -0.15) is 0 Å². The predicted octanol–water partition coefficient (Wildman–Crippen LogP) is 10.7. The van der Waals surface area contributed by atoms with Crippen LogP contribution in [0.3, 0.4) is 0 Å². The Labute approximate surface area is 255 Å². The first-order valence-corrected chi connectivity index (χ1v) is 16.3. The topological polar surface area (TPSA) is 52.0 Å². The molecular weight excluding hydrogens is 508 g/mol. The molecule has 0 spiro atoms. The molecule has 0 saturated carbocycles. The third kappa shape index (κ3) is 9.51. The summed E-state index contributed by atoms with van der Waals surface area (Å²) in [6.45, 7) is 6.85. The first-order chi connectivity index (χ1) is 20.4. The standard InChI is InChI=1S/C40H52N2/c1-4-5-6-7-8-9-10-11-34(28-32-12-16-35(17-13-32)30(2)37-20-24-39(41)25-21-37)29-33-14-18-36(19-15-33)31(3)38-22-26-40(42)27-23-38/h12-27,30-31,34H,4-11,28-29,41-42H2,1-3H3. The van der Waals surface area contributed by atoms with Crippen molar-refractivity contribution in [2.45, 2.75) is 96.8 Å². The van der Waals surface area contributed by atoms with E-state index in [1.807, 2.05) is 24.3 Å². The molecule has 2 unspecified atom stereocenters. The van der Waals surface area contributed by atoms with Gasteiger partial charge in [-0.15, -0.1) is 0 Å². The van der Waals surface area contributed by atoms with E-state index in [2.05, 4.69) is 93.6 Å². The molecule has 4 aromatic rings. The fraction of sp³-hybridized carbons (Fsp3) is 0.400. The lowest BCUT2D eigenvalue weighted by molar-refractivity contribution is 0.445. The average molecular weight is 561 g/mol. The zero-order valence-electron chi connectivity index (χ0n) is 26.2. The highest BCUT2D eigenvalue weighted by atomic mass is 14.5. The molecule has 0 aliphatic rings. The molecule has 0 bridgehead atoms. The summed E-state index contributed by atoms with van der Waals surface area (Å²) in [6.07, 6.45) is 13.1. The zero-order valence-corrected chi connectivity index (χ0v) is 26.2. The van der Waals surface area contributed by atoms with Crippen LogP contribution in [0, 0.1) is 5.92 Å². The smallest absolute Gasteiger partial charge is 0.0314 e. The van der Waals surface area contributed by atoms with Crippen molar-refractivity contribution in [2.75, 3.05) is 11.5 Å². The number of rotatable bonds is 16. The highest BCUT2D eigenvalue weighted by Crippen LogP contribution is 2.29. The van der Waals surface area contributed by atoms with Crippen molar-refractivity contribution in [3.05, 3.63) is 130 Å². The van der Waals surface area contributed by atoms with Crippen molar-refractivity contribution in [3.8, 4) is 0 Å². The molecule has 0 amide bonds. The number of hydrogen-bond acceptors (Lipinski definition) is 2. The molecule has 4 rings (SSSR count). The summed E-state index contributed by atoms with van der Waals surface area (Å²) >= 11 is 0. The van der Waals surface area contributed by atoms with Gasteiger partial charge >= 0.3 is 0 Å². The Morgan fingerprint density at radius 2 is 0.786 bits per heavy atom. The van der Waals surface area contributed by atoms with Gasteiger partial charge in [-0.25, -0.2) is 0 Å². The fourth-order valence-electron chi connectivity index (χ4n) is 6.17. The second-order valence-electron chi connectivity index (χ2n) is 12.4. The van der Waals surface area contributed by atoms with Gasteiger partial charge in [0.2, 0.25) is 0 Å². The minimum absolute atomic E-state index is 0.359. The second-order valence-corrected chi connectivity index (χ2v) is 12.4. The number of anilines is 2. The van der Waals surface area contributed by atoms with Crippen LogP contribution in [0.5, 0.6) is 0 Å². The van der Waals surface area contributed by atoms with E-state index in [-0.39, 0.29) is 0 Å². The van der Waals surface area contributed by atoms with Crippen LogP contribution in [-0.2, 0) is 12.8 Å². The van der Waals surface area contributed by atoms with Crippen molar-refractivity contribution in [3.63, 3.8) is 0 Å². The first kappa shape index (κ1) is 31.4. The molecule has 0 fully saturated rings.